The topological polar surface area (TPSA) is 114 Å². The van der Waals surface area contributed by atoms with E-state index in [4.69, 9.17) is 9.97 Å². The Kier molecular flexibility index (Phi) is 8.62. The van der Waals surface area contributed by atoms with Crippen LogP contribution < -0.4 is 15.4 Å². The molecule has 0 bridgehead atoms. The first kappa shape index (κ1) is 28.1. The number of fused-ring (bicyclic) bond motifs is 2. The van der Waals surface area contributed by atoms with E-state index in [1.165, 1.54) is 0 Å². The summed E-state index contributed by atoms with van der Waals surface area (Å²) in [5.74, 6) is 2.31. The molecule has 1 aliphatic carbocycles. The van der Waals surface area contributed by atoms with Gasteiger partial charge in [0.2, 0.25) is 16.0 Å². The van der Waals surface area contributed by atoms with E-state index in [9.17, 15) is 8.42 Å². The number of nitrogens with zero attached hydrogens (tertiary/aromatic N) is 4. The normalized spacial score (nSPS) is 17.4. The van der Waals surface area contributed by atoms with Crippen molar-refractivity contribution in [3.05, 3.63) is 85.5 Å². The fraction of sp³-hybridized carbons (Fsp3) is 0.344. The maximum atomic E-state index is 13.1. The minimum Gasteiger partial charge on any atom is -0.369 e. The molecule has 6 rings (SSSR count). The average molecular weight is 584 g/mol. The molecule has 1 fully saturated rings. The zero-order valence-corrected chi connectivity index (χ0v) is 24.4. The van der Waals surface area contributed by atoms with Crippen LogP contribution in [0, 0.1) is 11.8 Å². The summed E-state index contributed by atoms with van der Waals surface area (Å²) < 4.78 is 31.2. The number of hydrogen-bond acceptors (Lipinski definition) is 7. The number of imidazole rings is 1. The zero-order valence-electron chi connectivity index (χ0n) is 23.6. The molecule has 0 saturated heterocycles. The summed E-state index contributed by atoms with van der Waals surface area (Å²) >= 11 is 0. The number of nitrogens with one attached hydrogen (secondary N) is 3. The van der Waals surface area contributed by atoms with Crippen LogP contribution in [0.5, 0.6) is 0 Å². The molecule has 0 spiro atoms. The Labute approximate surface area is 246 Å². The molecule has 2 aromatic heterocycles. The standard InChI is InChI=1S/C32H37N7O2S/c40-42(41,30-12-5-8-26-7-1-2-9-27(26)30)36-22-25-15-13-24(14-16-25)21-35-32-37-29-11-4-3-10-28(29)31(38-32)34-17-6-19-39-20-18-33-23-39/h1-5,7-12,18,20,23-25,36H,6,13-17,19,21-22H2,(H2,34,35,37,38)/t24-,25-. The third kappa shape index (κ3) is 6.71. The van der Waals surface area contributed by atoms with Crippen LogP contribution in [-0.2, 0) is 16.6 Å². The minimum absolute atomic E-state index is 0.334. The van der Waals surface area contributed by atoms with Gasteiger partial charge in [-0.2, -0.15) is 4.98 Å². The first-order valence-electron chi connectivity index (χ1n) is 14.7. The van der Waals surface area contributed by atoms with Crippen molar-refractivity contribution in [2.75, 3.05) is 30.3 Å². The molecule has 1 aliphatic rings. The lowest BCUT2D eigenvalue weighted by Crippen LogP contribution is -2.32. The highest BCUT2D eigenvalue weighted by Gasteiger charge is 2.24. The SMILES string of the molecule is O=S(=O)(NC[C@H]1CC[C@H](CNc2nc(NCCCn3ccnc3)c3ccccc3n2)CC1)c1cccc2ccccc12. The summed E-state index contributed by atoms with van der Waals surface area (Å²) in [5.41, 5.74) is 0.911. The van der Waals surface area contributed by atoms with Gasteiger partial charge in [0.1, 0.15) is 5.82 Å². The third-order valence-corrected chi connectivity index (χ3v) is 9.65. The van der Waals surface area contributed by atoms with Crippen molar-refractivity contribution >= 4 is 43.5 Å². The number of benzene rings is 3. The van der Waals surface area contributed by atoms with E-state index >= 15 is 0 Å². The largest absolute Gasteiger partial charge is 0.369 e. The molecule has 1 saturated carbocycles. The van der Waals surface area contributed by atoms with Crippen molar-refractivity contribution in [3.8, 4) is 0 Å². The predicted octanol–water partition coefficient (Wildman–Crippen LogP) is 5.68. The van der Waals surface area contributed by atoms with Crippen LogP contribution in [0.4, 0.5) is 11.8 Å². The Bertz CT molecular complexity index is 1730. The second-order valence-electron chi connectivity index (χ2n) is 11.1. The number of rotatable bonds is 12. The van der Waals surface area contributed by atoms with Crippen LogP contribution in [0.2, 0.25) is 0 Å². The van der Waals surface area contributed by atoms with Crippen LogP contribution in [0.25, 0.3) is 21.7 Å². The highest BCUT2D eigenvalue weighted by molar-refractivity contribution is 7.89. The van der Waals surface area contributed by atoms with Crippen LogP contribution in [0.15, 0.2) is 90.3 Å². The Morgan fingerprint density at radius 1 is 0.810 bits per heavy atom. The molecule has 9 nitrogen and oxygen atoms in total. The number of hydrogen-bond donors (Lipinski definition) is 3. The summed E-state index contributed by atoms with van der Waals surface area (Å²) in [4.78, 5) is 14.0. The first-order chi connectivity index (χ1) is 20.5. The minimum atomic E-state index is -3.58. The zero-order chi connectivity index (χ0) is 28.8. The Morgan fingerprint density at radius 2 is 1.55 bits per heavy atom. The lowest BCUT2D eigenvalue weighted by Gasteiger charge is -2.28. The van der Waals surface area contributed by atoms with Gasteiger partial charge in [-0.25, -0.2) is 23.1 Å². The average Bonchev–Trinajstić information content (AvgIpc) is 3.55. The van der Waals surface area contributed by atoms with Crippen molar-refractivity contribution in [2.45, 2.75) is 43.5 Å². The van der Waals surface area contributed by atoms with Gasteiger partial charge in [-0.15, -0.1) is 0 Å². The van der Waals surface area contributed by atoms with Gasteiger partial charge >= 0.3 is 0 Å². The Hall–Kier alpha value is -4.02. The number of aromatic nitrogens is 4. The summed E-state index contributed by atoms with van der Waals surface area (Å²) in [6.07, 6.45) is 10.6. The van der Waals surface area contributed by atoms with E-state index in [1.807, 2.05) is 67.1 Å². The molecule has 42 heavy (non-hydrogen) atoms. The quantitative estimate of drug-likeness (QED) is 0.162. The smallest absolute Gasteiger partial charge is 0.241 e. The van der Waals surface area contributed by atoms with Crippen LogP contribution >= 0.6 is 0 Å². The van der Waals surface area contributed by atoms with E-state index in [-0.39, 0.29) is 0 Å². The lowest BCUT2D eigenvalue weighted by molar-refractivity contribution is 0.284. The van der Waals surface area contributed by atoms with Crippen LogP contribution in [0.1, 0.15) is 32.1 Å². The van der Waals surface area contributed by atoms with Gasteiger partial charge in [0.25, 0.3) is 0 Å². The molecule has 0 amide bonds. The van der Waals surface area contributed by atoms with E-state index in [0.29, 0.717) is 29.2 Å². The molecule has 0 aliphatic heterocycles. The van der Waals surface area contributed by atoms with E-state index in [1.54, 1.807) is 18.3 Å². The summed E-state index contributed by atoms with van der Waals surface area (Å²) in [6, 6.07) is 21.1. The van der Waals surface area contributed by atoms with Gasteiger partial charge in [0.05, 0.1) is 16.7 Å². The fourth-order valence-electron chi connectivity index (χ4n) is 5.79. The van der Waals surface area contributed by atoms with Crippen molar-refractivity contribution in [1.82, 2.24) is 24.2 Å². The highest BCUT2D eigenvalue weighted by atomic mass is 32.2. The molecule has 5 aromatic rings. The molecule has 0 radical (unpaired) electrons. The van der Waals surface area contributed by atoms with Crippen molar-refractivity contribution in [3.63, 3.8) is 0 Å². The molecule has 3 N–H and O–H groups in total. The maximum Gasteiger partial charge on any atom is 0.241 e. The first-order valence-corrected chi connectivity index (χ1v) is 16.2. The molecule has 0 unspecified atom stereocenters. The molecule has 3 aromatic carbocycles. The number of para-hydroxylation sites is 1. The van der Waals surface area contributed by atoms with E-state index < -0.39 is 10.0 Å². The number of aryl methyl sites for hydroxylation is 1. The van der Waals surface area contributed by atoms with Crippen molar-refractivity contribution in [2.24, 2.45) is 11.8 Å². The van der Waals surface area contributed by atoms with Crippen LogP contribution in [0.3, 0.4) is 0 Å². The highest BCUT2D eigenvalue weighted by Crippen LogP contribution is 2.30. The molecule has 2 heterocycles. The van der Waals surface area contributed by atoms with Crippen molar-refractivity contribution < 1.29 is 8.42 Å². The molecular weight excluding hydrogens is 546 g/mol. The maximum absolute atomic E-state index is 13.1. The summed E-state index contributed by atoms with van der Waals surface area (Å²) in [5, 5.41) is 9.68. The fourth-order valence-corrected chi connectivity index (χ4v) is 7.13. The van der Waals surface area contributed by atoms with Gasteiger partial charge < -0.3 is 15.2 Å². The van der Waals surface area contributed by atoms with Gasteiger partial charge in [0.15, 0.2) is 0 Å². The van der Waals surface area contributed by atoms with Gasteiger partial charge in [-0.3, -0.25) is 0 Å². The summed E-state index contributed by atoms with van der Waals surface area (Å²) in [7, 11) is -3.58. The number of sulfonamides is 1. The number of anilines is 2. The Morgan fingerprint density at radius 3 is 2.36 bits per heavy atom. The molecule has 10 heteroatoms. The molecular formula is C32H37N7O2S. The lowest BCUT2D eigenvalue weighted by atomic mass is 9.82. The second-order valence-corrected chi connectivity index (χ2v) is 12.8. The van der Waals surface area contributed by atoms with Crippen molar-refractivity contribution in [1.29, 1.82) is 0 Å². The van der Waals surface area contributed by atoms with Gasteiger partial charge in [-0.05, 0) is 67.5 Å². The predicted molar refractivity (Wildman–Crippen MR) is 168 cm³/mol. The Balaban J connectivity index is 1.00. The second kappa shape index (κ2) is 12.9. The van der Waals surface area contributed by atoms with Gasteiger partial charge in [0, 0.05) is 49.3 Å². The van der Waals surface area contributed by atoms with E-state index in [0.717, 1.165) is 79.2 Å². The third-order valence-electron chi connectivity index (χ3n) is 8.16. The van der Waals surface area contributed by atoms with Gasteiger partial charge in [-0.1, -0.05) is 48.5 Å². The van der Waals surface area contributed by atoms with Crippen LogP contribution in [-0.4, -0.2) is 47.6 Å². The van der Waals surface area contributed by atoms with E-state index in [2.05, 4.69) is 24.9 Å². The molecule has 218 valence electrons. The monoisotopic (exact) mass is 583 g/mol. The summed E-state index contributed by atoms with van der Waals surface area (Å²) in [6.45, 7) is 2.96. The molecule has 0 atom stereocenters.